The minimum absolute atomic E-state index is 0.0981. The van der Waals surface area contributed by atoms with Crippen LogP contribution in [0.4, 0.5) is 11.5 Å². The van der Waals surface area contributed by atoms with E-state index in [4.69, 9.17) is 0 Å². The summed E-state index contributed by atoms with van der Waals surface area (Å²) in [5.74, 6) is 0.474. The van der Waals surface area contributed by atoms with E-state index in [9.17, 15) is 10.1 Å². The molecule has 1 N–H and O–H groups in total. The fraction of sp³-hybridized carbons (Fsp3) is 0.417. The Bertz CT molecular complexity index is 563. The minimum Gasteiger partial charge on any atom is -0.360 e. The fourth-order valence-corrected chi connectivity index (χ4v) is 2.59. The number of aryl methyl sites for hydroxylation is 2. The Morgan fingerprint density at radius 3 is 2.95 bits per heavy atom. The molecule has 2 aromatic heterocycles. The van der Waals surface area contributed by atoms with E-state index in [1.807, 2.05) is 24.4 Å². The molecular weight excluding hydrogens is 264 g/mol. The predicted molar refractivity (Wildman–Crippen MR) is 75.5 cm³/mol. The molecule has 0 unspecified atom stereocenters. The summed E-state index contributed by atoms with van der Waals surface area (Å²) in [4.78, 5) is 12.0. The summed E-state index contributed by atoms with van der Waals surface area (Å²) in [6, 6.07) is 3.95. The van der Waals surface area contributed by atoms with Gasteiger partial charge in [0, 0.05) is 11.9 Å². The Morgan fingerprint density at radius 2 is 2.37 bits per heavy atom. The van der Waals surface area contributed by atoms with Crippen LogP contribution in [0.1, 0.15) is 23.9 Å². The lowest BCUT2D eigenvalue weighted by atomic mass is 10.2. The molecule has 0 fully saturated rings. The second-order valence-electron chi connectivity index (χ2n) is 4.21. The quantitative estimate of drug-likeness (QED) is 0.652. The van der Waals surface area contributed by atoms with Crippen LogP contribution >= 0.6 is 11.3 Å². The summed E-state index contributed by atoms with van der Waals surface area (Å²) >= 11 is 1.62. The van der Waals surface area contributed by atoms with Gasteiger partial charge >= 0.3 is 5.69 Å². The standard InChI is InChI=1S/C12H16N4O2S/c1-3-5-10-11(16(17)18)12(15(2)14-10)13-8-9-6-4-7-19-9/h4,6-7,13H,3,5,8H2,1-2H3. The molecule has 0 radical (unpaired) electrons. The molecule has 0 aliphatic carbocycles. The predicted octanol–water partition coefficient (Wildman–Crippen LogP) is 2.95. The van der Waals surface area contributed by atoms with Gasteiger partial charge in [0.05, 0.1) is 11.5 Å². The molecule has 0 bridgehead atoms. The molecule has 2 heterocycles. The highest BCUT2D eigenvalue weighted by Gasteiger charge is 2.25. The van der Waals surface area contributed by atoms with Crippen molar-refractivity contribution in [3.05, 3.63) is 38.2 Å². The summed E-state index contributed by atoms with van der Waals surface area (Å²) in [5.41, 5.74) is 0.643. The SMILES string of the molecule is CCCc1nn(C)c(NCc2cccs2)c1[N+](=O)[O-]. The molecule has 7 heteroatoms. The first-order valence-electron chi connectivity index (χ1n) is 6.10. The Labute approximate surface area is 115 Å². The van der Waals surface area contributed by atoms with Crippen molar-refractivity contribution in [1.82, 2.24) is 9.78 Å². The van der Waals surface area contributed by atoms with Crippen LogP contribution in [0.25, 0.3) is 0 Å². The van der Waals surface area contributed by atoms with Crippen LogP contribution in [0.5, 0.6) is 0 Å². The summed E-state index contributed by atoms with van der Waals surface area (Å²) < 4.78 is 1.55. The van der Waals surface area contributed by atoms with Crippen LogP contribution < -0.4 is 5.32 Å². The Balaban J connectivity index is 2.25. The van der Waals surface area contributed by atoms with Gasteiger partial charge in [-0.3, -0.25) is 10.1 Å². The van der Waals surface area contributed by atoms with E-state index in [-0.39, 0.29) is 10.6 Å². The zero-order valence-corrected chi connectivity index (χ0v) is 11.7. The van der Waals surface area contributed by atoms with E-state index in [1.54, 1.807) is 23.1 Å². The highest BCUT2D eigenvalue weighted by Crippen LogP contribution is 2.29. The molecule has 2 rings (SSSR count). The number of anilines is 1. The Kier molecular flexibility index (Phi) is 4.16. The number of hydrogen-bond donors (Lipinski definition) is 1. The first-order chi connectivity index (χ1) is 9.13. The number of thiophene rings is 1. The van der Waals surface area contributed by atoms with Crippen molar-refractivity contribution >= 4 is 22.8 Å². The van der Waals surface area contributed by atoms with Gasteiger partial charge in [0.1, 0.15) is 5.69 Å². The molecule has 0 aliphatic heterocycles. The number of nitrogens with one attached hydrogen (secondary N) is 1. The average molecular weight is 280 g/mol. The Morgan fingerprint density at radius 1 is 1.58 bits per heavy atom. The van der Waals surface area contributed by atoms with E-state index >= 15 is 0 Å². The van der Waals surface area contributed by atoms with Crippen LogP contribution in [0.3, 0.4) is 0 Å². The van der Waals surface area contributed by atoms with Gasteiger partial charge in [0.15, 0.2) is 0 Å². The lowest BCUT2D eigenvalue weighted by molar-refractivity contribution is -0.384. The second kappa shape index (κ2) is 5.83. The summed E-state index contributed by atoms with van der Waals surface area (Å²) in [6.45, 7) is 2.56. The number of rotatable bonds is 6. The van der Waals surface area contributed by atoms with Gasteiger partial charge in [-0.1, -0.05) is 19.4 Å². The van der Waals surface area contributed by atoms with E-state index < -0.39 is 0 Å². The number of aromatic nitrogens is 2. The average Bonchev–Trinajstić information content (AvgIpc) is 2.95. The maximum Gasteiger partial charge on any atom is 0.334 e. The topological polar surface area (TPSA) is 73.0 Å². The highest BCUT2D eigenvalue weighted by atomic mass is 32.1. The van der Waals surface area contributed by atoms with Crippen molar-refractivity contribution in [3.63, 3.8) is 0 Å². The Hall–Kier alpha value is -1.89. The van der Waals surface area contributed by atoms with Gasteiger partial charge < -0.3 is 5.32 Å². The summed E-state index contributed by atoms with van der Waals surface area (Å²) in [6.07, 6.45) is 1.45. The van der Waals surface area contributed by atoms with Gasteiger partial charge in [-0.05, 0) is 17.9 Å². The molecule has 102 valence electrons. The lowest BCUT2D eigenvalue weighted by Gasteiger charge is -2.04. The molecule has 0 amide bonds. The lowest BCUT2D eigenvalue weighted by Crippen LogP contribution is -2.05. The third-order valence-corrected chi connectivity index (χ3v) is 3.65. The molecule has 0 atom stereocenters. The third-order valence-electron chi connectivity index (χ3n) is 2.77. The van der Waals surface area contributed by atoms with Crippen molar-refractivity contribution in [2.24, 2.45) is 7.05 Å². The number of nitrogens with zero attached hydrogens (tertiary/aromatic N) is 3. The highest BCUT2D eigenvalue weighted by molar-refractivity contribution is 7.09. The summed E-state index contributed by atoms with van der Waals surface area (Å²) in [7, 11) is 1.73. The monoisotopic (exact) mass is 280 g/mol. The zero-order valence-electron chi connectivity index (χ0n) is 10.9. The first-order valence-corrected chi connectivity index (χ1v) is 6.98. The second-order valence-corrected chi connectivity index (χ2v) is 5.24. The first kappa shape index (κ1) is 13.5. The maximum atomic E-state index is 11.2. The third kappa shape index (κ3) is 2.93. The van der Waals surface area contributed by atoms with E-state index in [0.29, 0.717) is 24.5 Å². The largest absolute Gasteiger partial charge is 0.360 e. The van der Waals surface area contributed by atoms with Gasteiger partial charge in [0.25, 0.3) is 0 Å². The molecule has 19 heavy (non-hydrogen) atoms. The molecular formula is C12H16N4O2S. The van der Waals surface area contributed by atoms with Crippen LogP contribution in [-0.4, -0.2) is 14.7 Å². The molecule has 0 spiro atoms. The van der Waals surface area contributed by atoms with Gasteiger partial charge in [-0.15, -0.1) is 11.3 Å². The van der Waals surface area contributed by atoms with Crippen molar-refractivity contribution in [3.8, 4) is 0 Å². The van der Waals surface area contributed by atoms with Crippen molar-refractivity contribution in [2.45, 2.75) is 26.3 Å². The van der Waals surface area contributed by atoms with Gasteiger partial charge in [-0.2, -0.15) is 5.10 Å². The maximum absolute atomic E-state index is 11.2. The van der Waals surface area contributed by atoms with Crippen molar-refractivity contribution in [1.29, 1.82) is 0 Å². The normalized spacial score (nSPS) is 10.6. The smallest absolute Gasteiger partial charge is 0.334 e. The molecule has 0 aromatic carbocycles. The van der Waals surface area contributed by atoms with E-state index in [1.165, 1.54) is 0 Å². The molecule has 0 saturated heterocycles. The van der Waals surface area contributed by atoms with Crippen LogP contribution in [0, 0.1) is 10.1 Å². The van der Waals surface area contributed by atoms with Gasteiger partial charge in [-0.25, -0.2) is 4.68 Å². The van der Waals surface area contributed by atoms with Crippen molar-refractivity contribution < 1.29 is 4.92 Å². The summed E-state index contributed by atoms with van der Waals surface area (Å²) in [5, 5.41) is 20.5. The zero-order chi connectivity index (χ0) is 13.8. The van der Waals surface area contributed by atoms with Crippen LogP contribution in [-0.2, 0) is 20.0 Å². The van der Waals surface area contributed by atoms with Gasteiger partial charge in [0.2, 0.25) is 5.82 Å². The van der Waals surface area contributed by atoms with Crippen LogP contribution in [0.15, 0.2) is 17.5 Å². The number of nitro groups is 1. The van der Waals surface area contributed by atoms with E-state index in [2.05, 4.69) is 10.4 Å². The van der Waals surface area contributed by atoms with E-state index in [0.717, 1.165) is 11.3 Å². The fourth-order valence-electron chi connectivity index (χ4n) is 1.95. The number of hydrogen-bond acceptors (Lipinski definition) is 5. The molecule has 2 aromatic rings. The molecule has 6 nitrogen and oxygen atoms in total. The van der Waals surface area contributed by atoms with Crippen molar-refractivity contribution in [2.75, 3.05) is 5.32 Å². The molecule has 0 saturated carbocycles. The minimum atomic E-state index is -0.352. The van der Waals surface area contributed by atoms with Crippen LogP contribution in [0.2, 0.25) is 0 Å². The molecule has 0 aliphatic rings.